The lowest BCUT2D eigenvalue weighted by molar-refractivity contribution is 0.0468. The van der Waals surface area contributed by atoms with E-state index in [4.69, 9.17) is 0 Å². The van der Waals surface area contributed by atoms with Gasteiger partial charge >= 0.3 is 0 Å². The first-order valence-corrected chi connectivity index (χ1v) is 10.0. The van der Waals surface area contributed by atoms with Gasteiger partial charge in [-0.2, -0.15) is 5.26 Å². The fourth-order valence-corrected chi connectivity index (χ4v) is 6.06. The van der Waals surface area contributed by atoms with Crippen LogP contribution < -0.4 is 0 Å². The van der Waals surface area contributed by atoms with E-state index in [1.54, 1.807) is 0 Å². The Bertz CT molecular complexity index is 401. The average molecular weight is 302 g/mol. The van der Waals surface area contributed by atoms with E-state index in [9.17, 15) is 5.26 Å². The molecule has 0 amide bonds. The van der Waals surface area contributed by atoms with E-state index in [0.717, 1.165) is 36.0 Å². The number of hydrogen-bond donors (Lipinski definition) is 0. The van der Waals surface area contributed by atoms with E-state index >= 15 is 0 Å². The zero-order valence-corrected chi connectivity index (χ0v) is 14.8. The van der Waals surface area contributed by atoms with Gasteiger partial charge in [-0.15, -0.1) is 0 Å². The molecule has 0 aromatic rings. The van der Waals surface area contributed by atoms with Crippen molar-refractivity contribution in [1.29, 1.82) is 5.26 Å². The van der Waals surface area contributed by atoms with Gasteiger partial charge in [0, 0.05) is 0 Å². The minimum Gasteiger partial charge on any atom is -0.198 e. The van der Waals surface area contributed by atoms with Crippen molar-refractivity contribution in [3.05, 3.63) is 0 Å². The molecule has 0 aromatic heterocycles. The summed E-state index contributed by atoms with van der Waals surface area (Å²) in [5.41, 5.74) is -0.00772. The molecule has 3 rings (SSSR count). The molecule has 3 fully saturated rings. The molecule has 0 radical (unpaired) electrons. The number of hydrogen-bond acceptors (Lipinski definition) is 1. The van der Waals surface area contributed by atoms with Crippen LogP contribution in [-0.4, -0.2) is 0 Å². The van der Waals surface area contributed by atoms with Crippen molar-refractivity contribution in [3.63, 3.8) is 0 Å². The standard InChI is InChI=1S/C21H35N/c1-3-4-16-5-7-17(8-6-16)18-9-10-20-14-21(2,15-22)12-11-19(20)13-18/h16-20H,3-14H2,1-2H3/t16?,17?,18-,19-,20-,21-/m0/s1. The molecule has 0 N–H and O–H groups in total. The van der Waals surface area contributed by atoms with Crippen LogP contribution in [0.4, 0.5) is 0 Å². The SMILES string of the molecule is CCCC1CCC([C@H]2CC[C@H]3C[C@@](C)(C#N)CC[C@H]3C2)CC1. The largest absolute Gasteiger partial charge is 0.198 e. The molecule has 0 heterocycles. The lowest BCUT2D eigenvalue weighted by atomic mass is 9.58. The van der Waals surface area contributed by atoms with Gasteiger partial charge in [0.15, 0.2) is 0 Å². The highest BCUT2D eigenvalue weighted by Gasteiger charge is 2.42. The van der Waals surface area contributed by atoms with Crippen LogP contribution in [0.1, 0.15) is 90.9 Å². The van der Waals surface area contributed by atoms with Gasteiger partial charge in [-0.3, -0.25) is 0 Å². The predicted molar refractivity (Wildman–Crippen MR) is 92.2 cm³/mol. The van der Waals surface area contributed by atoms with E-state index < -0.39 is 0 Å². The van der Waals surface area contributed by atoms with Gasteiger partial charge in [0.05, 0.1) is 11.5 Å². The highest BCUT2D eigenvalue weighted by Crippen LogP contribution is 2.52. The summed E-state index contributed by atoms with van der Waals surface area (Å²) in [5, 5.41) is 9.41. The monoisotopic (exact) mass is 301 g/mol. The molecule has 0 aliphatic heterocycles. The molecular weight excluding hydrogens is 266 g/mol. The smallest absolute Gasteiger partial charge is 0.0686 e. The van der Waals surface area contributed by atoms with Gasteiger partial charge in [-0.1, -0.05) is 32.6 Å². The third-order valence-corrected chi connectivity index (χ3v) is 7.48. The third kappa shape index (κ3) is 3.52. The molecule has 22 heavy (non-hydrogen) atoms. The maximum Gasteiger partial charge on any atom is 0.0686 e. The summed E-state index contributed by atoms with van der Waals surface area (Å²) < 4.78 is 0. The topological polar surface area (TPSA) is 23.8 Å². The summed E-state index contributed by atoms with van der Waals surface area (Å²) in [7, 11) is 0. The van der Waals surface area contributed by atoms with Crippen molar-refractivity contribution in [3.8, 4) is 6.07 Å². The fourth-order valence-electron chi connectivity index (χ4n) is 6.06. The predicted octanol–water partition coefficient (Wildman–Crippen LogP) is 6.34. The minimum absolute atomic E-state index is 0.00772. The number of nitriles is 1. The van der Waals surface area contributed by atoms with E-state index in [1.165, 1.54) is 70.6 Å². The Morgan fingerprint density at radius 1 is 0.909 bits per heavy atom. The Morgan fingerprint density at radius 2 is 1.55 bits per heavy atom. The summed E-state index contributed by atoms with van der Waals surface area (Å²) in [6.07, 6.45) is 16.9. The second-order valence-corrected chi connectivity index (χ2v) is 9.08. The van der Waals surface area contributed by atoms with Gasteiger partial charge in [0.25, 0.3) is 0 Å². The van der Waals surface area contributed by atoms with E-state index in [0.29, 0.717) is 0 Å². The summed E-state index contributed by atoms with van der Waals surface area (Å²) >= 11 is 0. The molecule has 124 valence electrons. The first-order valence-electron chi connectivity index (χ1n) is 10.0. The van der Waals surface area contributed by atoms with Crippen LogP contribution in [0.5, 0.6) is 0 Å². The highest BCUT2D eigenvalue weighted by atomic mass is 14.5. The van der Waals surface area contributed by atoms with Crippen molar-refractivity contribution in [1.82, 2.24) is 0 Å². The van der Waals surface area contributed by atoms with Gasteiger partial charge in [-0.25, -0.2) is 0 Å². The molecule has 4 atom stereocenters. The van der Waals surface area contributed by atoms with Crippen molar-refractivity contribution in [2.45, 2.75) is 90.9 Å². The van der Waals surface area contributed by atoms with Crippen molar-refractivity contribution >= 4 is 0 Å². The molecule has 1 heteroatoms. The first kappa shape index (κ1) is 16.4. The van der Waals surface area contributed by atoms with Crippen LogP contribution in [0.3, 0.4) is 0 Å². The molecular formula is C21H35N. The van der Waals surface area contributed by atoms with Crippen molar-refractivity contribution in [2.24, 2.45) is 35.0 Å². The summed E-state index contributed by atoms with van der Waals surface area (Å²) in [4.78, 5) is 0. The van der Waals surface area contributed by atoms with Crippen LogP contribution in [-0.2, 0) is 0 Å². The van der Waals surface area contributed by atoms with Gasteiger partial charge < -0.3 is 0 Å². The minimum atomic E-state index is -0.00772. The summed E-state index contributed by atoms with van der Waals surface area (Å²) in [6.45, 7) is 4.54. The number of nitrogens with zero attached hydrogens (tertiary/aromatic N) is 1. The molecule has 0 unspecified atom stereocenters. The molecule has 3 saturated carbocycles. The maximum atomic E-state index is 9.41. The highest BCUT2D eigenvalue weighted by molar-refractivity contribution is 5.02. The Labute approximate surface area is 137 Å². The summed E-state index contributed by atoms with van der Waals surface area (Å²) in [5.74, 6) is 4.93. The lowest BCUT2D eigenvalue weighted by Gasteiger charge is -2.46. The number of fused-ring (bicyclic) bond motifs is 1. The molecule has 1 nitrogen and oxygen atoms in total. The third-order valence-electron chi connectivity index (χ3n) is 7.48. The van der Waals surface area contributed by atoms with E-state index in [1.807, 2.05) is 0 Å². The van der Waals surface area contributed by atoms with E-state index in [2.05, 4.69) is 19.9 Å². The average Bonchev–Trinajstić information content (AvgIpc) is 2.55. The van der Waals surface area contributed by atoms with Crippen LogP contribution >= 0.6 is 0 Å². The Morgan fingerprint density at radius 3 is 2.23 bits per heavy atom. The van der Waals surface area contributed by atoms with Gasteiger partial charge in [-0.05, 0) is 87.9 Å². The quantitative estimate of drug-likeness (QED) is 0.596. The van der Waals surface area contributed by atoms with Crippen LogP contribution in [0.15, 0.2) is 0 Å². The number of rotatable bonds is 3. The van der Waals surface area contributed by atoms with Crippen LogP contribution in [0.25, 0.3) is 0 Å². The lowest BCUT2D eigenvalue weighted by Crippen LogP contribution is -2.37. The van der Waals surface area contributed by atoms with Gasteiger partial charge in [0.2, 0.25) is 0 Å². The summed E-state index contributed by atoms with van der Waals surface area (Å²) in [6, 6.07) is 2.60. The van der Waals surface area contributed by atoms with Crippen molar-refractivity contribution in [2.75, 3.05) is 0 Å². The van der Waals surface area contributed by atoms with Gasteiger partial charge in [0.1, 0.15) is 0 Å². The fraction of sp³-hybridized carbons (Fsp3) is 0.952. The normalized spacial score (nSPS) is 45.8. The second-order valence-electron chi connectivity index (χ2n) is 9.08. The molecule has 0 bridgehead atoms. The molecule has 3 aliphatic carbocycles. The molecule has 0 spiro atoms. The second kappa shape index (κ2) is 6.94. The van der Waals surface area contributed by atoms with E-state index in [-0.39, 0.29) is 5.41 Å². The Balaban J connectivity index is 1.50. The van der Waals surface area contributed by atoms with Crippen LogP contribution in [0, 0.1) is 46.3 Å². The molecule has 3 aliphatic rings. The maximum absolute atomic E-state index is 9.41. The zero-order valence-electron chi connectivity index (χ0n) is 14.8. The Hall–Kier alpha value is -0.510. The first-order chi connectivity index (χ1) is 10.6. The molecule has 0 saturated heterocycles. The Kier molecular flexibility index (Phi) is 5.16. The molecule has 0 aromatic carbocycles. The van der Waals surface area contributed by atoms with Crippen molar-refractivity contribution < 1.29 is 0 Å². The zero-order chi connectivity index (χ0) is 15.6. The van der Waals surface area contributed by atoms with Crippen LogP contribution in [0.2, 0.25) is 0 Å².